The zero-order chi connectivity index (χ0) is 17.7. The average molecular weight is 375 g/mol. The Hall–Kier alpha value is -1.44. The molecule has 0 spiro atoms. The molecule has 0 radical (unpaired) electrons. The maximum Gasteiger partial charge on any atom is 0.246 e. The van der Waals surface area contributed by atoms with Gasteiger partial charge in [-0.3, -0.25) is 4.79 Å². The first-order chi connectivity index (χ1) is 11.3. The van der Waals surface area contributed by atoms with Crippen LogP contribution in [0.25, 0.3) is 6.08 Å². The minimum absolute atomic E-state index is 0.00204. The molecule has 24 heavy (non-hydrogen) atoms. The van der Waals surface area contributed by atoms with Gasteiger partial charge in [-0.2, -0.15) is 0 Å². The van der Waals surface area contributed by atoms with Crippen LogP contribution in [0.5, 0.6) is 0 Å². The number of hydrogen-bond donors (Lipinski definition) is 1. The van der Waals surface area contributed by atoms with E-state index in [4.69, 9.17) is 11.6 Å². The van der Waals surface area contributed by atoms with E-state index in [-0.39, 0.29) is 23.5 Å². The standard InChI is InChI=1S/C16H20ClFN2O3S/c1-24(22,23)19-11-13-4-2-3-9-20(13)16(21)8-6-12-5-7-15(18)14(17)10-12/h5-8,10,13,19H,2-4,9,11H2,1H3/b8-6+. The molecule has 1 aromatic rings. The van der Waals surface area contributed by atoms with Gasteiger partial charge in [0.2, 0.25) is 15.9 Å². The van der Waals surface area contributed by atoms with Crippen LogP contribution >= 0.6 is 11.6 Å². The fourth-order valence-electron chi connectivity index (χ4n) is 2.63. The topological polar surface area (TPSA) is 66.5 Å². The van der Waals surface area contributed by atoms with Crippen LogP contribution in [0.1, 0.15) is 24.8 Å². The third kappa shape index (κ3) is 5.58. The second kappa shape index (κ2) is 8.09. The van der Waals surface area contributed by atoms with Gasteiger partial charge >= 0.3 is 0 Å². The van der Waals surface area contributed by atoms with Crippen molar-refractivity contribution in [3.05, 3.63) is 40.7 Å². The Bertz CT molecular complexity index is 737. The van der Waals surface area contributed by atoms with Gasteiger partial charge in [-0.15, -0.1) is 0 Å². The summed E-state index contributed by atoms with van der Waals surface area (Å²) in [6, 6.07) is 4.05. The van der Waals surface area contributed by atoms with Crippen molar-refractivity contribution in [1.82, 2.24) is 9.62 Å². The highest BCUT2D eigenvalue weighted by molar-refractivity contribution is 7.88. The summed E-state index contributed by atoms with van der Waals surface area (Å²) in [5.74, 6) is -0.710. The molecule has 1 aromatic carbocycles. The number of amides is 1. The number of likely N-dealkylation sites (tertiary alicyclic amines) is 1. The molecule has 0 bridgehead atoms. The second-order valence-corrected chi connectivity index (χ2v) is 8.05. The zero-order valence-electron chi connectivity index (χ0n) is 13.3. The third-order valence-electron chi connectivity index (χ3n) is 3.85. The smallest absolute Gasteiger partial charge is 0.246 e. The van der Waals surface area contributed by atoms with Crippen LogP contribution in [-0.2, 0) is 14.8 Å². The number of nitrogens with one attached hydrogen (secondary N) is 1. The van der Waals surface area contributed by atoms with E-state index in [9.17, 15) is 17.6 Å². The predicted molar refractivity (Wildman–Crippen MR) is 92.6 cm³/mol. The molecule has 0 aromatic heterocycles. The van der Waals surface area contributed by atoms with Gasteiger partial charge in [-0.1, -0.05) is 17.7 Å². The SMILES string of the molecule is CS(=O)(=O)NCC1CCCCN1C(=O)/C=C/c1ccc(F)c(Cl)c1. The molecule has 0 saturated carbocycles. The molecule has 1 fully saturated rings. The highest BCUT2D eigenvalue weighted by Gasteiger charge is 2.25. The zero-order valence-corrected chi connectivity index (χ0v) is 14.9. The van der Waals surface area contributed by atoms with Crippen molar-refractivity contribution < 1.29 is 17.6 Å². The lowest BCUT2D eigenvalue weighted by Gasteiger charge is -2.35. The average Bonchev–Trinajstić information content (AvgIpc) is 2.53. The summed E-state index contributed by atoms with van der Waals surface area (Å²) in [4.78, 5) is 14.1. The number of hydrogen-bond acceptors (Lipinski definition) is 3. The Morgan fingerprint density at radius 2 is 2.21 bits per heavy atom. The molecule has 1 saturated heterocycles. The predicted octanol–water partition coefficient (Wildman–Crippen LogP) is 2.42. The highest BCUT2D eigenvalue weighted by atomic mass is 35.5. The minimum atomic E-state index is -3.29. The molecule has 0 aliphatic carbocycles. The van der Waals surface area contributed by atoms with Crippen molar-refractivity contribution in [2.75, 3.05) is 19.3 Å². The normalized spacial score (nSPS) is 19.0. The molecule has 132 valence electrons. The van der Waals surface area contributed by atoms with E-state index in [1.54, 1.807) is 11.0 Å². The van der Waals surface area contributed by atoms with Crippen LogP contribution < -0.4 is 4.72 Å². The summed E-state index contributed by atoms with van der Waals surface area (Å²) >= 11 is 5.72. The van der Waals surface area contributed by atoms with E-state index < -0.39 is 15.8 Å². The summed E-state index contributed by atoms with van der Waals surface area (Å²) in [6.07, 6.45) is 6.67. The Morgan fingerprint density at radius 3 is 2.88 bits per heavy atom. The van der Waals surface area contributed by atoms with Gasteiger partial charge < -0.3 is 4.90 Å². The molecule has 1 amide bonds. The molecule has 1 heterocycles. The minimum Gasteiger partial charge on any atom is -0.335 e. The number of benzene rings is 1. The summed E-state index contributed by atoms with van der Waals surface area (Å²) < 4.78 is 38.1. The van der Waals surface area contributed by atoms with Crippen LogP contribution in [0.4, 0.5) is 4.39 Å². The maximum absolute atomic E-state index is 13.1. The van der Waals surface area contributed by atoms with Crippen molar-refractivity contribution in [1.29, 1.82) is 0 Å². The van der Waals surface area contributed by atoms with Gasteiger partial charge in [0.15, 0.2) is 0 Å². The fourth-order valence-corrected chi connectivity index (χ4v) is 3.31. The van der Waals surface area contributed by atoms with Crippen LogP contribution in [0, 0.1) is 5.82 Å². The van der Waals surface area contributed by atoms with E-state index >= 15 is 0 Å². The van der Waals surface area contributed by atoms with Crippen molar-refractivity contribution >= 4 is 33.6 Å². The first kappa shape index (κ1) is 18.9. The number of nitrogens with zero attached hydrogens (tertiary/aromatic N) is 1. The molecular weight excluding hydrogens is 355 g/mol. The molecule has 1 unspecified atom stereocenters. The molecule has 1 atom stereocenters. The van der Waals surface area contributed by atoms with Crippen LogP contribution in [0.2, 0.25) is 5.02 Å². The molecule has 5 nitrogen and oxygen atoms in total. The molecule has 2 rings (SSSR count). The number of sulfonamides is 1. The van der Waals surface area contributed by atoms with Crippen LogP contribution in [0.3, 0.4) is 0 Å². The van der Waals surface area contributed by atoms with E-state index in [0.29, 0.717) is 12.1 Å². The monoisotopic (exact) mass is 374 g/mol. The highest BCUT2D eigenvalue weighted by Crippen LogP contribution is 2.19. The maximum atomic E-state index is 13.1. The van der Waals surface area contributed by atoms with Gasteiger partial charge in [-0.05, 0) is 43.0 Å². The molecule has 1 N–H and O–H groups in total. The Kier molecular flexibility index (Phi) is 6.37. The Labute approximate surface area is 146 Å². The molecular formula is C16H20ClFN2O3S. The van der Waals surface area contributed by atoms with E-state index in [2.05, 4.69) is 4.72 Å². The fraction of sp³-hybridized carbons (Fsp3) is 0.438. The van der Waals surface area contributed by atoms with Gasteiger partial charge in [0.1, 0.15) is 5.82 Å². The second-order valence-electron chi connectivity index (χ2n) is 5.81. The van der Waals surface area contributed by atoms with Crippen LogP contribution in [-0.4, -0.2) is 44.6 Å². The number of carbonyl (C=O) groups is 1. The molecule has 1 aliphatic heterocycles. The van der Waals surface area contributed by atoms with Crippen LogP contribution in [0.15, 0.2) is 24.3 Å². The van der Waals surface area contributed by atoms with Gasteiger partial charge in [0, 0.05) is 25.2 Å². The lowest BCUT2D eigenvalue weighted by molar-refractivity contribution is -0.129. The first-order valence-electron chi connectivity index (χ1n) is 7.64. The number of carbonyl (C=O) groups excluding carboxylic acids is 1. The summed E-state index contributed by atoms with van der Waals surface area (Å²) in [5, 5.41) is -0.00204. The summed E-state index contributed by atoms with van der Waals surface area (Å²) in [6.45, 7) is 0.796. The van der Waals surface area contributed by atoms with Crippen molar-refractivity contribution in [3.8, 4) is 0 Å². The summed E-state index contributed by atoms with van der Waals surface area (Å²) in [7, 11) is -3.29. The largest absolute Gasteiger partial charge is 0.335 e. The van der Waals surface area contributed by atoms with Crippen molar-refractivity contribution in [2.24, 2.45) is 0 Å². The third-order valence-corrected chi connectivity index (χ3v) is 4.83. The number of halogens is 2. The lowest BCUT2D eigenvalue weighted by Crippen LogP contribution is -2.48. The van der Waals surface area contributed by atoms with Crippen molar-refractivity contribution in [2.45, 2.75) is 25.3 Å². The van der Waals surface area contributed by atoms with E-state index in [1.165, 1.54) is 24.3 Å². The van der Waals surface area contributed by atoms with Gasteiger partial charge in [0.25, 0.3) is 0 Å². The Morgan fingerprint density at radius 1 is 1.46 bits per heavy atom. The van der Waals surface area contributed by atoms with Gasteiger partial charge in [0.05, 0.1) is 11.3 Å². The summed E-state index contributed by atoms with van der Waals surface area (Å²) in [5.41, 5.74) is 0.623. The molecule has 1 aliphatic rings. The van der Waals surface area contributed by atoms with E-state index in [1.807, 2.05) is 0 Å². The number of piperidine rings is 1. The number of rotatable bonds is 5. The van der Waals surface area contributed by atoms with Gasteiger partial charge in [-0.25, -0.2) is 17.5 Å². The van der Waals surface area contributed by atoms with Crippen molar-refractivity contribution in [3.63, 3.8) is 0 Å². The Balaban J connectivity index is 2.04. The first-order valence-corrected chi connectivity index (χ1v) is 9.91. The quantitative estimate of drug-likeness (QED) is 0.805. The lowest BCUT2D eigenvalue weighted by atomic mass is 10.0. The van der Waals surface area contributed by atoms with E-state index in [0.717, 1.165) is 25.5 Å². The molecule has 8 heteroatoms.